The lowest BCUT2D eigenvalue weighted by Gasteiger charge is -2.18. The zero-order valence-corrected chi connectivity index (χ0v) is 19.8. The van der Waals surface area contributed by atoms with Crippen LogP contribution in [0.15, 0.2) is 59.1 Å². The molecule has 1 amide bonds. The van der Waals surface area contributed by atoms with E-state index in [-0.39, 0.29) is 11.3 Å². The fraction of sp³-hybridized carbons (Fsp3) is 0.231. The molecule has 180 valence electrons. The van der Waals surface area contributed by atoms with Crippen LogP contribution in [-0.4, -0.2) is 42.8 Å². The molecule has 9 heteroatoms. The number of esters is 1. The molecular formula is C26H25N3O6. The molecule has 2 aromatic heterocycles. The maximum atomic E-state index is 13.0. The lowest BCUT2D eigenvalue weighted by atomic mass is 10.1. The number of methoxy groups -OCH3 is 2. The highest BCUT2D eigenvalue weighted by molar-refractivity contribution is 6.04. The number of rotatable bonds is 8. The SMILES string of the molecule is COc1ccc(OC)c([C@H](C)NC(=O)COC(=O)c2cc(-c3ccccc3)nc3onc(C)c23)c1. The Morgan fingerprint density at radius 3 is 2.54 bits per heavy atom. The van der Waals surface area contributed by atoms with E-state index < -0.39 is 24.5 Å². The number of nitrogens with zero attached hydrogens (tertiary/aromatic N) is 2. The van der Waals surface area contributed by atoms with E-state index in [1.165, 1.54) is 0 Å². The van der Waals surface area contributed by atoms with Crippen molar-refractivity contribution in [3.63, 3.8) is 0 Å². The zero-order valence-electron chi connectivity index (χ0n) is 19.8. The van der Waals surface area contributed by atoms with Gasteiger partial charge in [0.25, 0.3) is 11.6 Å². The van der Waals surface area contributed by atoms with E-state index in [1.807, 2.05) is 30.3 Å². The molecule has 35 heavy (non-hydrogen) atoms. The first kappa shape index (κ1) is 23.7. The highest BCUT2D eigenvalue weighted by Crippen LogP contribution is 2.30. The number of carbonyl (C=O) groups excluding carboxylic acids is 2. The number of hydrogen-bond donors (Lipinski definition) is 1. The summed E-state index contributed by atoms with van der Waals surface area (Å²) in [5, 5.41) is 7.19. The molecule has 0 saturated heterocycles. The fourth-order valence-electron chi connectivity index (χ4n) is 3.76. The third-order valence-corrected chi connectivity index (χ3v) is 5.52. The van der Waals surface area contributed by atoms with Gasteiger partial charge in [-0.1, -0.05) is 35.5 Å². The summed E-state index contributed by atoms with van der Waals surface area (Å²) in [6, 6.07) is 15.9. The van der Waals surface area contributed by atoms with Crippen LogP contribution in [0.5, 0.6) is 11.5 Å². The minimum atomic E-state index is -0.678. The molecule has 1 atom stereocenters. The third-order valence-electron chi connectivity index (χ3n) is 5.52. The van der Waals surface area contributed by atoms with E-state index in [0.717, 1.165) is 11.1 Å². The second-order valence-corrected chi connectivity index (χ2v) is 7.84. The number of aromatic nitrogens is 2. The van der Waals surface area contributed by atoms with Crippen molar-refractivity contribution in [1.29, 1.82) is 0 Å². The van der Waals surface area contributed by atoms with Crippen molar-refractivity contribution in [3.05, 3.63) is 71.4 Å². The van der Waals surface area contributed by atoms with Crippen molar-refractivity contribution in [2.45, 2.75) is 19.9 Å². The smallest absolute Gasteiger partial charge is 0.339 e. The monoisotopic (exact) mass is 475 g/mol. The molecule has 0 aliphatic carbocycles. The molecule has 0 aliphatic rings. The van der Waals surface area contributed by atoms with Gasteiger partial charge in [0.1, 0.15) is 11.5 Å². The number of pyridine rings is 1. The van der Waals surface area contributed by atoms with Crippen LogP contribution in [0.2, 0.25) is 0 Å². The molecule has 0 unspecified atom stereocenters. The maximum Gasteiger partial charge on any atom is 0.339 e. The van der Waals surface area contributed by atoms with Crippen LogP contribution < -0.4 is 14.8 Å². The highest BCUT2D eigenvalue weighted by atomic mass is 16.5. The van der Waals surface area contributed by atoms with Gasteiger partial charge in [-0.2, -0.15) is 0 Å². The molecule has 0 bridgehead atoms. The van der Waals surface area contributed by atoms with Gasteiger partial charge in [0.05, 0.1) is 42.6 Å². The summed E-state index contributed by atoms with van der Waals surface area (Å²) in [5.41, 5.74) is 3.01. The largest absolute Gasteiger partial charge is 0.497 e. The quantitative estimate of drug-likeness (QED) is 0.376. The summed E-state index contributed by atoms with van der Waals surface area (Å²) in [4.78, 5) is 30.1. The highest BCUT2D eigenvalue weighted by Gasteiger charge is 2.22. The average Bonchev–Trinajstić information content (AvgIpc) is 3.27. The average molecular weight is 476 g/mol. The van der Waals surface area contributed by atoms with E-state index >= 15 is 0 Å². The van der Waals surface area contributed by atoms with Gasteiger partial charge < -0.3 is 24.1 Å². The van der Waals surface area contributed by atoms with Crippen LogP contribution in [0.1, 0.15) is 34.6 Å². The first-order chi connectivity index (χ1) is 16.9. The van der Waals surface area contributed by atoms with Gasteiger partial charge in [-0.3, -0.25) is 4.79 Å². The Labute approximate surface area is 202 Å². The lowest BCUT2D eigenvalue weighted by molar-refractivity contribution is -0.124. The molecule has 4 aromatic rings. The number of benzene rings is 2. The van der Waals surface area contributed by atoms with E-state index in [4.69, 9.17) is 18.7 Å². The first-order valence-corrected chi connectivity index (χ1v) is 10.9. The van der Waals surface area contributed by atoms with Crippen molar-refractivity contribution in [3.8, 4) is 22.8 Å². The second-order valence-electron chi connectivity index (χ2n) is 7.84. The molecule has 0 aliphatic heterocycles. The van der Waals surface area contributed by atoms with Crippen LogP contribution in [0.25, 0.3) is 22.4 Å². The van der Waals surface area contributed by atoms with Gasteiger partial charge in [0.2, 0.25) is 0 Å². The van der Waals surface area contributed by atoms with Gasteiger partial charge in [-0.05, 0) is 38.1 Å². The normalized spacial score (nSPS) is 11.7. The Balaban J connectivity index is 1.50. The summed E-state index contributed by atoms with van der Waals surface area (Å²) in [7, 11) is 3.11. The summed E-state index contributed by atoms with van der Waals surface area (Å²) < 4.78 is 21.3. The van der Waals surface area contributed by atoms with E-state index in [0.29, 0.717) is 28.3 Å². The molecule has 2 heterocycles. The lowest BCUT2D eigenvalue weighted by Crippen LogP contribution is -2.31. The van der Waals surface area contributed by atoms with E-state index in [9.17, 15) is 9.59 Å². The fourth-order valence-corrected chi connectivity index (χ4v) is 3.76. The van der Waals surface area contributed by atoms with Crippen molar-refractivity contribution in [2.24, 2.45) is 0 Å². The van der Waals surface area contributed by atoms with E-state index in [2.05, 4.69) is 15.5 Å². The van der Waals surface area contributed by atoms with Gasteiger partial charge >= 0.3 is 5.97 Å². The van der Waals surface area contributed by atoms with Gasteiger partial charge in [-0.15, -0.1) is 0 Å². The molecule has 2 aromatic carbocycles. The number of nitrogens with one attached hydrogen (secondary N) is 1. The predicted molar refractivity (Wildman–Crippen MR) is 128 cm³/mol. The van der Waals surface area contributed by atoms with Crippen LogP contribution in [-0.2, 0) is 9.53 Å². The molecule has 0 radical (unpaired) electrons. The van der Waals surface area contributed by atoms with E-state index in [1.54, 1.807) is 52.3 Å². The number of ether oxygens (including phenoxy) is 3. The minimum absolute atomic E-state index is 0.221. The molecule has 9 nitrogen and oxygen atoms in total. The van der Waals surface area contributed by atoms with Crippen LogP contribution in [0.4, 0.5) is 0 Å². The Bertz CT molecular complexity index is 1370. The Morgan fingerprint density at radius 1 is 1.06 bits per heavy atom. The minimum Gasteiger partial charge on any atom is -0.497 e. The predicted octanol–water partition coefficient (Wildman–Crippen LogP) is 4.25. The number of fused-ring (bicyclic) bond motifs is 1. The van der Waals surface area contributed by atoms with Crippen LogP contribution >= 0.6 is 0 Å². The molecule has 0 saturated carbocycles. The summed E-state index contributed by atoms with van der Waals surface area (Å²) in [6.07, 6.45) is 0. The molecule has 4 rings (SSSR count). The topological polar surface area (TPSA) is 113 Å². The number of carbonyl (C=O) groups is 2. The Hall–Kier alpha value is -4.40. The standard InChI is InChI=1S/C26H25N3O6/c1-15(19-12-18(32-3)10-11-22(19)33-4)27-23(30)14-34-26(31)20-13-21(17-8-6-5-7-9-17)28-25-24(20)16(2)29-35-25/h5-13,15H,14H2,1-4H3,(H,27,30)/t15-/m0/s1. The maximum absolute atomic E-state index is 13.0. The van der Waals surface area contributed by atoms with Crippen molar-refractivity contribution in [1.82, 2.24) is 15.5 Å². The van der Waals surface area contributed by atoms with Crippen molar-refractivity contribution in [2.75, 3.05) is 20.8 Å². The first-order valence-electron chi connectivity index (χ1n) is 10.9. The Morgan fingerprint density at radius 2 is 1.83 bits per heavy atom. The van der Waals surface area contributed by atoms with Gasteiger partial charge in [-0.25, -0.2) is 9.78 Å². The van der Waals surface area contributed by atoms with Crippen molar-refractivity contribution < 1.29 is 28.3 Å². The molecule has 1 N–H and O–H groups in total. The number of hydrogen-bond acceptors (Lipinski definition) is 8. The Kier molecular flexibility index (Phi) is 6.96. The zero-order chi connectivity index (χ0) is 24.9. The molecule has 0 fully saturated rings. The van der Waals surface area contributed by atoms with Crippen LogP contribution in [0.3, 0.4) is 0 Å². The van der Waals surface area contributed by atoms with Crippen molar-refractivity contribution >= 4 is 23.0 Å². The number of amides is 1. The third kappa shape index (κ3) is 5.08. The summed E-state index contributed by atoms with van der Waals surface area (Å²) in [5.74, 6) is 0.0912. The van der Waals surface area contributed by atoms with Crippen LogP contribution in [0, 0.1) is 6.92 Å². The second kappa shape index (κ2) is 10.3. The molecular weight excluding hydrogens is 450 g/mol. The van der Waals surface area contributed by atoms with Gasteiger partial charge in [0, 0.05) is 11.1 Å². The summed E-state index contributed by atoms with van der Waals surface area (Å²) in [6.45, 7) is 3.04. The number of aryl methyl sites for hydroxylation is 1. The molecule has 0 spiro atoms. The van der Waals surface area contributed by atoms with Gasteiger partial charge in [0.15, 0.2) is 6.61 Å². The summed E-state index contributed by atoms with van der Waals surface area (Å²) >= 11 is 0.